The number of nitrogens with zero attached hydrogens (tertiary/aromatic N) is 1. The van der Waals surface area contributed by atoms with Crippen LogP contribution in [0.5, 0.6) is 0 Å². The molecule has 0 radical (unpaired) electrons. The molecule has 0 saturated carbocycles. The SMILES string of the molecule is CCCc1c(C)c(Nc2cccc3c2CCC3)nc(N)c1C(=N)N. The molecule has 24 heavy (non-hydrogen) atoms. The van der Waals surface area contributed by atoms with Crippen molar-refractivity contribution >= 4 is 23.2 Å². The molecule has 0 atom stereocenters. The Morgan fingerprint density at radius 2 is 2.12 bits per heavy atom. The quantitative estimate of drug-likeness (QED) is 0.500. The van der Waals surface area contributed by atoms with Crippen LogP contribution in [0.15, 0.2) is 18.2 Å². The van der Waals surface area contributed by atoms with Crippen LogP contribution in [0.4, 0.5) is 17.3 Å². The zero-order valence-electron chi connectivity index (χ0n) is 14.4. The fourth-order valence-electron chi connectivity index (χ4n) is 3.59. The molecule has 1 aliphatic rings. The van der Waals surface area contributed by atoms with Crippen molar-refractivity contribution < 1.29 is 0 Å². The average molecular weight is 323 g/mol. The number of amidine groups is 1. The van der Waals surface area contributed by atoms with E-state index in [1.54, 1.807) is 0 Å². The lowest BCUT2D eigenvalue weighted by Gasteiger charge is -2.19. The molecule has 126 valence electrons. The maximum Gasteiger partial charge on any atom is 0.137 e. The van der Waals surface area contributed by atoms with Gasteiger partial charge >= 0.3 is 0 Å². The predicted molar refractivity (Wildman–Crippen MR) is 100 cm³/mol. The van der Waals surface area contributed by atoms with Gasteiger partial charge in [0.05, 0.1) is 5.56 Å². The molecule has 0 aliphatic heterocycles. The zero-order chi connectivity index (χ0) is 17.3. The second-order valence-corrected chi connectivity index (χ2v) is 6.41. The fraction of sp³-hybridized carbons (Fsp3) is 0.368. The zero-order valence-corrected chi connectivity index (χ0v) is 14.4. The maximum atomic E-state index is 7.82. The largest absolute Gasteiger partial charge is 0.384 e. The van der Waals surface area contributed by atoms with Gasteiger partial charge in [-0.15, -0.1) is 0 Å². The Bertz CT molecular complexity index is 795. The fourth-order valence-corrected chi connectivity index (χ4v) is 3.59. The van der Waals surface area contributed by atoms with Crippen LogP contribution in [0.1, 0.15) is 47.6 Å². The van der Waals surface area contributed by atoms with E-state index in [4.69, 9.17) is 16.9 Å². The number of hydrogen-bond acceptors (Lipinski definition) is 4. The van der Waals surface area contributed by atoms with Gasteiger partial charge in [-0.2, -0.15) is 0 Å². The van der Waals surface area contributed by atoms with E-state index in [1.165, 1.54) is 17.5 Å². The molecule has 0 fully saturated rings. The first-order chi connectivity index (χ1) is 11.5. The average Bonchev–Trinajstić information content (AvgIpc) is 3.01. The van der Waals surface area contributed by atoms with Gasteiger partial charge in [-0.1, -0.05) is 25.5 Å². The summed E-state index contributed by atoms with van der Waals surface area (Å²) in [6, 6.07) is 6.38. The molecule has 0 unspecified atom stereocenters. The number of pyridine rings is 1. The Labute approximate surface area is 143 Å². The van der Waals surface area contributed by atoms with E-state index in [-0.39, 0.29) is 5.84 Å². The molecule has 1 aliphatic carbocycles. The van der Waals surface area contributed by atoms with Gasteiger partial charge in [-0.25, -0.2) is 4.98 Å². The van der Waals surface area contributed by atoms with Crippen LogP contribution >= 0.6 is 0 Å². The molecule has 0 spiro atoms. The molecule has 1 heterocycles. The van der Waals surface area contributed by atoms with E-state index in [9.17, 15) is 0 Å². The summed E-state index contributed by atoms with van der Waals surface area (Å²) in [5.41, 5.74) is 18.4. The Morgan fingerprint density at radius 3 is 2.83 bits per heavy atom. The highest BCUT2D eigenvalue weighted by molar-refractivity contribution is 6.01. The second kappa shape index (κ2) is 6.51. The highest BCUT2D eigenvalue weighted by Crippen LogP contribution is 2.33. The molecule has 3 rings (SSSR count). The van der Waals surface area contributed by atoms with E-state index in [0.29, 0.717) is 11.4 Å². The van der Waals surface area contributed by atoms with Crippen molar-refractivity contribution in [2.24, 2.45) is 5.73 Å². The summed E-state index contributed by atoms with van der Waals surface area (Å²) in [5, 5.41) is 11.3. The standard InChI is InChI=1S/C19H25N5/c1-3-6-13-11(2)19(24-18(22)16(13)17(20)21)23-15-10-5-8-12-7-4-9-14(12)15/h5,8,10H,3-4,6-7,9H2,1-2H3,(H3,20,21)(H3,22,23,24). The normalized spacial score (nSPS) is 12.9. The van der Waals surface area contributed by atoms with Crippen molar-refractivity contribution in [1.29, 1.82) is 5.41 Å². The van der Waals surface area contributed by atoms with Crippen LogP contribution in [-0.2, 0) is 19.3 Å². The van der Waals surface area contributed by atoms with Gasteiger partial charge in [0.1, 0.15) is 17.5 Å². The number of nitrogens with two attached hydrogens (primary N) is 2. The van der Waals surface area contributed by atoms with Gasteiger partial charge in [0.25, 0.3) is 0 Å². The van der Waals surface area contributed by atoms with Gasteiger partial charge in [-0.3, -0.25) is 5.41 Å². The van der Waals surface area contributed by atoms with Gasteiger partial charge < -0.3 is 16.8 Å². The monoisotopic (exact) mass is 323 g/mol. The molecular weight excluding hydrogens is 298 g/mol. The molecule has 0 amide bonds. The van der Waals surface area contributed by atoms with E-state index in [2.05, 4.69) is 35.4 Å². The molecule has 1 aromatic heterocycles. The number of hydrogen-bond donors (Lipinski definition) is 4. The topological polar surface area (TPSA) is 101 Å². The first kappa shape index (κ1) is 16.3. The molecule has 0 bridgehead atoms. The number of benzene rings is 1. The number of fused-ring (bicyclic) bond motifs is 1. The Kier molecular flexibility index (Phi) is 4.42. The number of nitrogens with one attached hydrogen (secondary N) is 2. The predicted octanol–water partition coefficient (Wildman–Crippen LogP) is 3.44. The molecule has 5 nitrogen and oxygen atoms in total. The van der Waals surface area contributed by atoms with Crippen molar-refractivity contribution in [3.8, 4) is 0 Å². The first-order valence-corrected chi connectivity index (χ1v) is 8.54. The Hall–Kier alpha value is -2.56. The van der Waals surface area contributed by atoms with E-state index >= 15 is 0 Å². The Balaban J connectivity index is 2.06. The molecular formula is C19H25N5. The first-order valence-electron chi connectivity index (χ1n) is 8.54. The van der Waals surface area contributed by atoms with Crippen LogP contribution in [0.25, 0.3) is 0 Å². The third-order valence-electron chi connectivity index (χ3n) is 4.77. The van der Waals surface area contributed by atoms with Crippen LogP contribution in [-0.4, -0.2) is 10.8 Å². The summed E-state index contributed by atoms with van der Waals surface area (Å²) in [7, 11) is 0. The number of nitrogen functional groups attached to an aromatic ring is 2. The van der Waals surface area contributed by atoms with Crippen molar-refractivity contribution in [2.75, 3.05) is 11.1 Å². The number of rotatable bonds is 5. The van der Waals surface area contributed by atoms with Crippen molar-refractivity contribution in [3.05, 3.63) is 46.0 Å². The smallest absolute Gasteiger partial charge is 0.137 e. The summed E-state index contributed by atoms with van der Waals surface area (Å²) in [6.07, 6.45) is 5.23. The third kappa shape index (κ3) is 2.82. The molecule has 2 aromatic rings. The summed E-state index contributed by atoms with van der Waals surface area (Å²) >= 11 is 0. The van der Waals surface area contributed by atoms with E-state index in [0.717, 1.165) is 48.3 Å². The van der Waals surface area contributed by atoms with Gasteiger partial charge in [-0.05, 0) is 60.9 Å². The van der Waals surface area contributed by atoms with Crippen LogP contribution in [0.2, 0.25) is 0 Å². The van der Waals surface area contributed by atoms with Gasteiger partial charge in [0.15, 0.2) is 0 Å². The summed E-state index contributed by atoms with van der Waals surface area (Å²) < 4.78 is 0. The number of aromatic nitrogens is 1. The molecule has 6 N–H and O–H groups in total. The summed E-state index contributed by atoms with van der Waals surface area (Å²) in [4.78, 5) is 4.50. The highest BCUT2D eigenvalue weighted by Gasteiger charge is 2.19. The van der Waals surface area contributed by atoms with Crippen molar-refractivity contribution in [2.45, 2.75) is 46.0 Å². The second-order valence-electron chi connectivity index (χ2n) is 6.41. The lowest BCUT2D eigenvalue weighted by atomic mass is 9.98. The Morgan fingerprint density at radius 1 is 1.33 bits per heavy atom. The lowest BCUT2D eigenvalue weighted by Crippen LogP contribution is -2.19. The van der Waals surface area contributed by atoms with Crippen molar-refractivity contribution in [1.82, 2.24) is 4.98 Å². The van der Waals surface area contributed by atoms with Crippen molar-refractivity contribution in [3.63, 3.8) is 0 Å². The minimum absolute atomic E-state index is 0.0151. The molecule has 0 saturated heterocycles. The van der Waals surface area contributed by atoms with Crippen LogP contribution in [0.3, 0.4) is 0 Å². The van der Waals surface area contributed by atoms with Gasteiger partial charge in [0.2, 0.25) is 0 Å². The minimum atomic E-state index is -0.0151. The number of aryl methyl sites for hydroxylation is 1. The minimum Gasteiger partial charge on any atom is -0.384 e. The molecule has 5 heteroatoms. The summed E-state index contributed by atoms with van der Waals surface area (Å²) in [5.74, 6) is 1.08. The summed E-state index contributed by atoms with van der Waals surface area (Å²) in [6.45, 7) is 4.13. The number of anilines is 3. The van der Waals surface area contributed by atoms with Gasteiger partial charge in [0, 0.05) is 5.69 Å². The van der Waals surface area contributed by atoms with Crippen LogP contribution < -0.4 is 16.8 Å². The third-order valence-corrected chi connectivity index (χ3v) is 4.77. The van der Waals surface area contributed by atoms with E-state index in [1.807, 2.05) is 6.92 Å². The highest BCUT2D eigenvalue weighted by atomic mass is 15.0. The lowest BCUT2D eigenvalue weighted by molar-refractivity contribution is 0.905. The molecule has 1 aromatic carbocycles. The van der Waals surface area contributed by atoms with Crippen LogP contribution in [0, 0.1) is 12.3 Å². The maximum absolute atomic E-state index is 7.82. The van der Waals surface area contributed by atoms with E-state index < -0.39 is 0 Å².